The van der Waals surface area contributed by atoms with Crippen molar-refractivity contribution in [3.05, 3.63) is 29.3 Å². The topological polar surface area (TPSA) is 62.9 Å². The zero-order valence-electron chi connectivity index (χ0n) is 15.9. The fraction of sp³-hybridized carbons (Fsp3) is 0.632. The zero-order valence-corrected chi connectivity index (χ0v) is 15.9. The summed E-state index contributed by atoms with van der Waals surface area (Å²) < 4.78 is 5.82. The van der Waals surface area contributed by atoms with Crippen LogP contribution in [0.2, 0.25) is 0 Å². The molecule has 1 fully saturated rings. The van der Waals surface area contributed by atoms with E-state index in [1.807, 2.05) is 6.07 Å². The van der Waals surface area contributed by atoms with Gasteiger partial charge in [-0.05, 0) is 64.8 Å². The number of rotatable bonds is 4. The number of aliphatic imine (C=N–C) groups is 1. The Labute approximate surface area is 146 Å². The molecule has 0 amide bonds. The van der Waals surface area contributed by atoms with E-state index in [1.54, 1.807) is 0 Å². The largest absolute Gasteiger partial charge is 0.373 e. The highest BCUT2D eigenvalue weighted by atomic mass is 16.5. The predicted octanol–water partition coefficient (Wildman–Crippen LogP) is 2.92. The molecule has 24 heavy (non-hydrogen) atoms. The van der Waals surface area contributed by atoms with Crippen LogP contribution in [-0.2, 0) is 4.74 Å². The van der Waals surface area contributed by atoms with Gasteiger partial charge in [-0.25, -0.2) is 0 Å². The second kappa shape index (κ2) is 7.53. The Morgan fingerprint density at radius 1 is 1.25 bits per heavy atom. The molecule has 1 aliphatic rings. The summed E-state index contributed by atoms with van der Waals surface area (Å²) in [6.45, 7) is 15.4. The molecule has 2 unspecified atom stereocenters. The molecule has 1 heterocycles. The van der Waals surface area contributed by atoms with Crippen molar-refractivity contribution in [2.75, 3.05) is 25.0 Å². The number of guanidine groups is 1. The average Bonchev–Trinajstić information content (AvgIpc) is 2.48. The number of hydrogen-bond acceptors (Lipinski definition) is 3. The van der Waals surface area contributed by atoms with Crippen molar-refractivity contribution in [1.82, 2.24) is 4.90 Å². The van der Waals surface area contributed by atoms with E-state index in [0.29, 0.717) is 12.5 Å². The number of anilines is 1. The van der Waals surface area contributed by atoms with Gasteiger partial charge in [-0.3, -0.25) is 9.89 Å². The van der Waals surface area contributed by atoms with Crippen molar-refractivity contribution in [1.29, 1.82) is 0 Å². The van der Waals surface area contributed by atoms with Gasteiger partial charge in [0.25, 0.3) is 0 Å². The van der Waals surface area contributed by atoms with Crippen molar-refractivity contribution < 1.29 is 4.74 Å². The first-order chi connectivity index (χ1) is 11.2. The number of nitrogens with one attached hydrogen (secondary N) is 1. The molecule has 5 heteroatoms. The summed E-state index contributed by atoms with van der Waals surface area (Å²) in [4.78, 5) is 7.01. The van der Waals surface area contributed by atoms with E-state index in [2.05, 4.69) is 68.9 Å². The molecule has 1 aliphatic heterocycles. The van der Waals surface area contributed by atoms with Crippen LogP contribution in [-0.4, -0.2) is 48.2 Å². The molecule has 5 nitrogen and oxygen atoms in total. The monoisotopic (exact) mass is 332 g/mol. The molecule has 2 atom stereocenters. The lowest BCUT2D eigenvalue weighted by Crippen LogP contribution is -2.56. The summed E-state index contributed by atoms with van der Waals surface area (Å²) >= 11 is 0. The Bertz CT molecular complexity index is 587. The van der Waals surface area contributed by atoms with Crippen LogP contribution in [0.15, 0.2) is 23.2 Å². The van der Waals surface area contributed by atoms with E-state index in [9.17, 15) is 0 Å². The Balaban J connectivity index is 1.98. The normalized spacial score (nSPS) is 23.3. The molecule has 0 aromatic heterocycles. The molecule has 0 aliphatic carbocycles. The smallest absolute Gasteiger partial charge is 0.193 e. The first-order valence-corrected chi connectivity index (χ1v) is 8.72. The van der Waals surface area contributed by atoms with Gasteiger partial charge in [0.15, 0.2) is 5.96 Å². The maximum absolute atomic E-state index is 6.08. The maximum atomic E-state index is 6.08. The fourth-order valence-corrected chi connectivity index (χ4v) is 3.06. The highest BCUT2D eigenvalue weighted by molar-refractivity contribution is 5.92. The van der Waals surface area contributed by atoms with Crippen molar-refractivity contribution in [2.45, 2.75) is 59.3 Å². The van der Waals surface area contributed by atoms with Crippen LogP contribution in [0, 0.1) is 13.8 Å². The highest BCUT2D eigenvalue weighted by Crippen LogP contribution is 2.21. The molecule has 0 saturated carbocycles. The molecule has 0 bridgehead atoms. The van der Waals surface area contributed by atoms with E-state index < -0.39 is 0 Å². The molecule has 134 valence electrons. The SMILES string of the molecule is Cc1ccc(NC(N)=NCC(C)(C)N2CC(C)OC(C)C2)cc1C. The third-order valence-corrected chi connectivity index (χ3v) is 4.69. The van der Waals surface area contributed by atoms with Gasteiger partial charge in [0, 0.05) is 24.3 Å². The summed E-state index contributed by atoms with van der Waals surface area (Å²) in [6.07, 6.45) is 0.506. The zero-order chi connectivity index (χ0) is 17.9. The maximum Gasteiger partial charge on any atom is 0.193 e. The lowest BCUT2D eigenvalue weighted by Gasteiger charge is -2.44. The molecule has 3 N–H and O–H groups in total. The minimum absolute atomic E-state index is 0.0538. The minimum Gasteiger partial charge on any atom is -0.373 e. The van der Waals surface area contributed by atoms with E-state index >= 15 is 0 Å². The highest BCUT2D eigenvalue weighted by Gasteiger charge is 2.33. The van der Waals surface area contributed by atoms with Crippen LogP contribution in [0.4, 0.5) is 5.69 Å². The number of ether oxygens (including phenoxy) is 1. The molecule has 1 saturated heterocycles. The quantitative estimate of drug-likeness (QED) is 0.657. The number of benzene rings is 1. The fourth-order valence-electron chi connectivity index (χ4n) is 3.06. The standard InChI is InChI=1S/C19H32N4O/c1-13-7-8-17(9-14(13)2)22-18(20)21-12-19(5,6)23-10-15(3)24-16(4)11-23/h7-9,15-16H,10-12H2,1-6H3,(H3,20,21,22). The molecule has 1 aromatic rings. The number of nitrogens with two attached hydrogens (primary N) is 1. The van der Waals surface area contributed by atoms with Gasteiger partial charge < -0.3 is 15.8 Å². The van der Waals surface area contributed by atoms with Crippen LogP contribution in [0.25, 0.3) is 0 Å². The van der Waals surface area contributed by atoms with Crippen LogP contribution < -0.4 is 11.1 Å². The number of aryl methyl sites for hydroxylation is 2. The minimum atomic E-state index is -0.0538. The Morgan fingerprint density at radius 3 is 2.46 bits per heavy atom. The Hall–Kier alpha value is -1.59. The van der Waals surface area contributed by atoms with Crippen molar-refractivity contribution in [2.24, 2.45) is 10.7 Å². The van der Waals surface area contributed by atoms with Gasteiger partial charge in [0.05, 0.1) is 18.8 Å². The molecule has 0 radical (unpaired) electrons. The summed E-state index contributed by atoms with van der Waals surface area (Å²) in [5.74, 6) is 0.459. The van der Waals surface area contributed by atoms with Gasteiger partial charge in [-0.1, -0.05) is 6.07 Å². The van der Waals surface area contributed by atoms with Gasteiger partial charge in [0.2, 0.25) is 0 Å². The van der Waals surface area contributed by atoms with Crippen LogP contribution in [0.5, 0.6) is 0 Å². The summed E-state index contributed by atoms with van der Waals surface area (Å²) in [6, 6.07) is 6.21. The van der Waals surface area contributed by atoms with Crippen molar-refractivity contribution in [3.8, 4) is 0 Å². The van der Waals surface area contributed by atoms with Gasteiger partial charge in [-0.15, -0.1) is 0 Å². The third-order valence-electron chi connectivity index (χ3n) is 4.69. The van der Waals surface area contributed by atoms with Crippen molar-refractivity contribution in [3.63, 3.8) is 0 Å². The Morgan fingerprint density at radius 2 is 1.88 bits per heavy atom. The molecule has 2 rings (SSSR count). The summed E-state index contributed by atoms with van der Waals surface area (Å²) in [5.41, 5.74) is 9.52. The molecular formula is C19H32N4O. The second-order valence-corrected chi connectivity index (χ2v) is 7.60. The molecule has 0 spiro atoms. The third kappa shape index (κ3) is 4.95. The second-order valence-electron chi connectivity index (χ2n) is 7.60. The van der Waals surface area contributed by atoms with Crippen LogP contribution in [0.3, 0.4) is 0 Å². The lowest BCUT2D eigenvalue weighted by atomic mass is 10.0. The van der Waals surface area contributed by atoms with Crippen LogP contribution in [0.1, 0.15) is 38.8 Å². The lowest BCUT2D eigenvalue weighted by molar-refractivity contribution is -0.0939. The molecule has 1 aromatic carbocycles. The van der Waals surface area contributed by atoms with E-state index in [4.69, 9.17) is 10.5 Å². The van der Waals surface area contributed by atoms with Crippen LogP contribution >= 0.6 is 0 Å². The number of morpholine rings is 1. The van der Waals surface area contributed by atoms with Crippen molar-refractivity contribution >= 4 is 11.6 Å². The number of nitrogens with zero attached hydrogens (tertiary/aromatic N) is 2. The average molecular weight is 332 g/mol. The summed E-state index contributed by atoms with van der Waals surface area (Å²) in [7, 11) is 0. The van der Waals surface area contributed by atoms with Gasteiger partial charge >= 0.3 is 0 Å². The van der Waals surface area contributed by atoms with E-state index in [1.165, 1.54) is 11.1 Å². The first kappa shape index (κ1) is 18.7. The molecular weight excluding hydrogens is 300 g/mol. The summed E-state index contributed by atoms with van der Waals surface area (Å²) in [5, 5.41) is 3.19. The van der Waals surface area contributed by atoms with Gasteiger partial charge in [0.1, 0.15) is 0 Å². The van der Waals surface area contributed by atoms with Gasteiger partial charge in [-0.2, -0.15) is 0 Å². The van der Waals surface area contributed by atoms with E-state index in [-0.39, 0.29) is 17.7 Å². The predicted molar refractivity (Wildman–Crippen MR) is 102 cm³/mol. The van der Waals surface area contributed by atoms with E-state index in [0.717, 1.165) is 18.8 Å². The first-order valence-electron chi connectivity index (χ1n) is 8.72. The Kier molecular flexibility index (Phi) is 5.88. The number of hydrogen-bond donors (Lipinski definition) is 2.